The average molecular weight is 297 g/mol. The third kappa shape index (κ3) is 4.49. The Morgan fingerprint density at radius 3 is 2.71 bits per heavy atom. The zero-order valence-electron chi connectivity index (χ0n) is 11.9. The van der Waals surface area contributed by atoms with Crippen molar-refractivity contribution in [2.45, 2.75) is 44.6 Å². The van der Waals surface area contributed by atoms with Gasteiger partial charge in [0.05, 0.1) is 6.42 Å². The molecule has 0 spiro atoms. The third-order valence-electron chi connectivity index (χ3n) is 4.11. The van der Waals surface area contributed by atoms with Crippen LogP contribution in [-0.4, -0.2) is 23.7 Å². The molecule has 1 aromatic carbocycles. The van der Waals surface area contributed by atoms with Gasteiger partial charge in [-0.2, -0.15) is 0 Å². The van der Waals surface area contributed by atoms with Crippen molar-refractivity contribution in [1.29, 1.82) is 0 Å². The van der Waals surface area contributed by atoms with Crippen LogP contribution in [0.3, 0.4) is 0 Å². The van der Waals surface area contributed by atoms with E-state index >= 15 is 0 Å². The molecule has 0 bridgehead atoms. The minimum absolute atomic E-state index is 0.0514. The molecule has 2 unspecified atom stereocenters. The van der Waals surface area contributed by atoms with E-state index in [0.29, 0.717) is 0 Å². The Hall–Kier alpha value is -1.49. The number of halogens is 2. The summed E-state index contributed by atoms with van der Waals surface area (Å²) in [5.41, 5.74) is 0.183. The van der Waals surface area contributed by atoms with E-state index < -0.39 is 11.6 Å². The smallest absolute Gasteiger partial charge is 0.224 e. The monoisotopic (exact) mass is 297 g/mol. The lowest BCUT2D eigenvalue weighted by atomic mass is 9.95. The molecule has 1 amide bonds. The fourth-order valence-corrected chi connectivity index (χ4v) is 2.89. The van der Waals surface area contributed by atoms with Crippen LogP contribution >= 0.6 is 0 Å². The van der Waals surface area contributed by atoms with Crippen LogP contribution in [0.1, 0.15) is 37.7 Å². The van der Waals surface area contributed by atoms with Crippen molar-refractivity contribution in [3.63, 3.8) is 0 Å². The van der Waals surface area contributed by atoms with Crippen LogP contribution in [0, 0.1) is 17.6 Å². The van der Waals surface area contributed by atoms with Gasteiger partial charge in [-0.05, 0) is 24.5 Å². The summed E-state index contributed by atoms with van der Waals surface area (Å²) in [7, 11) is 0. The maximum atomic E-state index is 13.5. The van der Waals surface area contributed by atoms with Crippen LogP contribution in [0.15, 0.2) is 18.2 Å². The number of amides is 1. The molecule has 0 heterocycles. The Kier molecular flexibility index (Phi) is 5.67. The molecule has 2 atom stereocenters. The largest absolute Gasteiger partial charge is 0.396 e. The van der Waals surface area contributed by atoms with E-state index in [0.717, 1.165) is 44.2 Å². The first-order valence-electron chi connectivity index (χ1n) is 7.44. The molecule has 2 N–H and O–H groups in total. The van der Waals surface area contributed by atoms with Gasteiger partial charge in [0.1, 0.15) is 11.6 Å². The first kappa shape index (κ1) is 15.9. The molecular formula is C16H21F2NO2. The Morgan fingerprint density at radius 1 is 1.24 bits per heavy atom. The Balaban J connectivity index is 1.96. The SMILES string of the molecule is O=C(Cc1ccc(F)cc1F)NC1CCCCCC1CO. The molecule has 5 heteroatoms. The van der Waals surface area contributed by atoms with Gasteiger partial charge >= 0.3 is 0 Å². The van der Waals surface area contributed by atoms with E-state index in [4.69, 9.17) is 0 Å². The summed E-state index contributed by atoms with van der Waals surface area (Å²) in [4.78, 5) is 12.0. The average Bonchev–Trinajstić information content (AvgIpc) is 2.67. The molecule has 0 aromatic heterocycles. The van der Waals surface area contributed by atoms with Crippen molar-refractivity contribution in [2.75, 3.05) is 6.61 Å². The zero-order valence-corrected chi connectivity index (χ0v) is 11.9. The number of hydrogen-bond acceptors (Lipinski definition) is 2. The van der Waals surface area contributed by atoms with Crippen LogP contribution in [0.2, 0.25) is 0 Å². The van der Waals surface area contributed by atoms with Crippen molar-refractivity contribution < 1.29 is 18.7 Å². The van der Waals surface area contributed by atoms with Gasteiger partial charge < -0.3 is 10.4 Å². The number of rotatable bonds is 4. The number of benzene rings is 1. The number of hydrogen-bond donors (Lipinski definition) is 2. The summed E-state index contributed by atoms with van der Waals surface area (Å²) in [6.45, 7) is 0.0514. The molecule has 3 nitrogen and oxygen atoms in total. The first-order valence-corrected chi connectivity index (χ1v) is 7.44. The molecule has 21 heavy (non-hydrogen) atoms. The maximum Gasteiger partial charge on any atom is 0.224 e. The van der Waals surface area contributed by atoms with Gasteiger partial charge in [0.25, 0.3) is 0 Å². The summed E-state index contributed by atoms with van der Waals surface area (Å²) < 4.78 is 26.4. The zero-order chi connectivity index (χ0) is 15.2. The van der Waals surface area contributed by atoms with Crippen molar-refractivity contribution in [3.8, 4) is 0 Å². The van der Waals surface area contributed by atoms with Gasteiger partial charge in [-0.15, -0.1) is 0 Å². The maximum absolute atomic E-state index is 13.5. The van der Waals surface area contributed by atoms with Crippen LogP contribution in [0.5, 0.6) is 0 Å². The van der Waals surface area contributed by atoms with Gasteiger partial charge in [0.2, 0.25) is 5.91 Å². The third-order valence-corrected chi connectivity index (χ3v) is 4.11. The highest BCUT2D eigenvalue weighted by atomic mass is 19.1. The van der Waals surface area contributed by atoms with Gasteiger partial charge in [0, 0.05) is 24.6 Å². The summed E-state index contributed by atoms with van der Waals surface area (Å²) >= 11 is 0. The lowest BCUT2D eigenvalue weighted by molar-refractivity contribution is -0.121. The second-order valence-electron chi connectivity index (χ2n) is 5.67. The summed E-state index contributed by atoms with van der Waals surface area (Å²) in [5.74, 6) is -1.58. The first-order chi connectivity index (χ1) is 10.1. The van der Waals surface area contributed by atoms with Crippen molar-refractivity contribution in [1.82, 2.24) is 5.32 Å². The number of aliphatic hydroxyl groups excluding tert-OH is 1. The van der Waals surface area contributed by atoms with Crippen LogP contribution in [0.4, 0.5) is 8.78 Å². The van der Waals surface area contributed by atoms with Gasteiger partial charge in [-0.1, -0.05) is 25.3 Å². The second-order valence-corrected chi connectivity index (χ2v) is 5.67. The minimum Gasteiger partial charge on any atom is -0.396 e. The van der Waals surface area contributed by atoms with E-state index in [1.54, 1.807) is 0 Å². The van der Waals surface area contributed by atoms with Crippen LogP contribution in [-0.2, 0) is 11.2 Å². The number of nitrogens with one attached hydrogen (secondary N) is 1. The molecule has 1 fully saturated rings. The summed E-state index contributed by atoms with van der Waals surface area (Å²) in [6, 6.07) is 3.16. The molecule has 1 saturated carbocycles. The molecule has 0 radical (unpaired) electrons. The standard InChI is InChI=1S/C16H21F2NO2/c17-13-7-6-11(14(18)9-13)8-16(21)19-15-5-3-1-2-4-12(15)10-20/h6-7,9,12,15,20H,1-5,8,10H2,(H,19,21). The van der Waals surface area contributed by atoms with E-state index in [9.17, 15) is 18.7 Å². The summed E-state index contributed by atoms with van der Waals surface area (Å²) in [5, 5.41) is 12.3. The van der Waals surface area contributed by atoms with Crippen LogP contribution < -0.4 is 5.32 Å². The van der Waals surface area contributed by atoms with Gasteiger partial charge in [-0.3, -0.25) is 4.79 Å². The molecule has 0 aliphatic heterocycles. The normalized spacial score (nSPS) is 22.6. The minimum atomic E-state index is -0.704. The highest BCUT2D eigenvalue weighted by molar-refractivity contribution is 5.78. The fraction of sp³-hybridized carbons (Fsp3) is 0.562. The van der Waals surface area contributed by atoms with Crippen molar-refractivity contribution in [2.24, 2.45) is 5.92 Å². The van der Waals surface area contributed by atoms with Crippen molar-refractivity contribution in [3.05, 3.63) is 35.4 Å². The molecule has 2 rings (SSSR count). The number of carbonyl (C=O) groups is 1. The highest BCUT2D eigenvalue weighted by Gasteiger charge is 2.24. The Morgan fingerprint density at radius 2 is 2.00 bits per heavy atom. The van der Waals surface area contributed by atoms with E-state index in [2.05, 4.69) is 5.32 Å². The fourth-order valence-electron chi connectivity index (χ4n) is 2.89. The lowest BCUT2D eigenvalue weighted by Gasteiger charge is -2.24. The molecular weight excluding hydrogens is 276 g/mol. The van der Waals surface area contributed by atoms with E-state index in [1.165, 1.54) is 6.07 Å². The topological polar surface area (TPSA) is 49.3 Å². The van der Waals surface area contributed by atoms with E-state index in [-0.39, 0.29) is 36.5 Å². The van der Waals surface area contributed by atoms with Crippen LogP contribution in [0.25, 0.3) is 0 Å². The number of aliphatic hydroxyl groups is 1. The van der Waals surface area contributed by atoms with Gasteiger partial charge in [-0.25, -0.2) is 8.78 Å². The lowest BCUT2D eigenvalue weighted by Crippen LogP contribution is -2.41. The molecule has 1 aliphatic carbocycles. The predicted octanol–water partition coefficient (Wildman–Crippen LogP) is 2.56. The molecule has 1 aliphatic rings. The quantitative estimate of drug-likeness (QED) is 0.839. The Bertz CT molecular complexity index is 493. The Labute approximate surface area is 123 Å². The molecule has 0 saturated heterocycles. The van der Waals surface area contributed by atoms with Gasteiger partial charge in [0.15, 0.2) is 0 Å². The molecule has 1 aromatic rings. The highest BCUT2D eigenvalue weighted by Crippen LogP contribution is 2.23. The summed E-state index contributed by atoms with van der Waals surface area (Å²) in [6.07, 6.45) is 4.81. The second kappa shape index (κ2) is 7.50. The van der Waals surface area contributed by atoms with Crippen molar-refractivity contribution >= 4 is 5.91 Å². The van der Waals surface area contributed by atoms with E-state index in [1.807, 2.05) is 0 Å². The predicted molar refractivity (Wildman–Crippen MR) is 75.7 cm³/mol. The number of carbonyl (C=O) groups excluding carboxylic acids is 1. The molecule has 116 valence electrons.